The van der Waals surface area contributed by atoms with Crippen LogP contribution in [0, 0.1) is 5.92 Å². The first-order valence-corrected chi connectivity index (χ1v) is 11.0. The van der Waals surface area contributed by atoms with Crippen LogP contribution in [0.2, 0.25) is 0 Å². The van der Waals surface area contributed by atoms with Gasteiger partial charge in [-0.15, -0.1) is 0 Å². The number of hydrogen-bond acceptors (Lipinski definition) is 4. The van der Waals surface area contributed by atoms with Gasteiger partial charge >= 0.3 is 0 Å². The molecule has 0 N–H and O–H groups in total. The molecule has 1 aromatic rings. The maximum absolute atomic E-state index is 12.5. The van der Waals surface area contributed by atoms with E-state index >= 15 is 0 Å². The molecule has 0 atom stereocenters. The lowest BCUT2D eigenvalue weighted by Crippen LogP contribution is -2.38. The molecule has 2 aliphatic heterocycles. The van der Waals surface area contributed by atoms with Gasteiger partial charge in [-0.1, -0.05) is 25.7 Å². The first kappa shape index (κ1) is 19.3. The Labute approximate surface area is 167 Å². The lowest BCUT2D eigenvalue weighted by atomic mass is 9.94. The van der Waals surface area contributed by atoms with E-state index in [0.717, 1.165) is 74.7 Å². The molecule has 3 aliphatic rings. The van der Waals surface area contributed by atoms with Crippen LogP contribution in [-0.4, -0.2) is 51.2 Å². The molecule has 152 valence electrons. The van der Waals surface area contributed by atoms with Crippen LogP contribution in [0.3, 0.4) is 0 Å². The third kappa shape index (κ3) is 4.36. The lowest BCUT2D eigenvalue weighted by Gasteiger charge is -2.32. The number of amides is 2. The quantitative estimate of drug-likeness (QED) is 0.800. The minimum absolute atomic E-state index is 0.111. The first-order valence-electron chi connectivity index (χ1n) is 11.0. The van der Waals surface area contributed by atoms with Crippen molar-refractivity contribution < 1.29 is 9.59 Å². The Bertz CT molecular complexity index is 721. The molecule has 0 bridgehead atoms. The number of likely N-dealkylation sites (tertiary alicyclic amines) is 1. The van der Waals surface area contributed by atoms with Crippen LogP contribution in [0.4, 0.5) is 0 Å². The summed E-state index contributed by atoms with van der Waals surface area (Å²) in [5.74, 6) is 2.49. The van der Waals surface area contributed by atoms with Gasteiger partial charge in [-0.05, 0) is 25.2 Å². The highest BCUT2D eigenvalue weighted by Crippen LogP contribution is 2.30. The Kier molecular flexibility index (Phi) is 5.93. The van der Waals surface area contributed by atoms with Gasteiger partial charge in [0.05, 0.1) is 5.69 Å². The maximum Gasteiger partial charge on any atom is 0.222 e. The third-order valence-electron chi connectivity index (χ3n) is 6.85. The topological polar surface area (TPSA) is 66.4 Å². The molecule has 3 heterocycles. The predicted molar refractivity (Wildman–Crippen MR) is 107 cm³/mol. The van der Waals surface area contributed by atoms with Gasteiger partial charge in [0, 0.05) is 63.6 Å². The van der Waals surface area contributed by atoms with Crippen LogP contribution in [0.5, 0.6) is 0 Å². The van der Waals surface area contributed by atoms with Gasteiger partial charge in [-0.3, -0.25) is 9.59 Å². The summed E-state index contributed by atoms with van der Waals surface area (Å²) < 4.78 is 0. The SMILES string of the molecule is CC(=O)N1CCc2nc(C3CCN(C(=O)CCC4CCCC4)CC3)ncc2C1. The van der Waals surface area contributed by atoms with Crippen molar-refractivity contribution in [2.45, 2.75) is 77.2 Å². The van der Waals surface area contributed by atoms with E-state index < -0.39 is 0 Å². The van der Waals surface area contributed by atoms with E-state index in [1.54, 1.807) is 6.92 Å². The summed E-state index contributed by atoms with van der Waals surface area (Å²) in [5.41, 5.74) is 2.17. The van der Waals surface area contributed by atoms with Gasteiger partial charge in [0.25, 0.3) is 0 Å². The van der Waals surface area contributed by atoms with Gasteiger partial charge in [0.2, 0.25) is 11.8 Å². The summed E-state index contributed by atoms with van der Waals surface area (Å²) in [6, 6.07) is 0. The van der Waals surface area contributed by atoms with E-state index in [0.29, 0.717) is 18.4 Å². The highest BCUT2D eigenvalue weighted by molar-refractivity contribution is 5.76. The van der Waals surface area contributed by atoms with Gasteiger partial charge in [-0.25, -0.2) is 9.97 Å². The fourth-order valence-corrected chi connectivity index (χ4v) is 4.97. The van der Waals surface area contributed by atoms with Crippen molar-refractivity contribution in [3.8, 4) is 0 Å². The van der Waals surface area contributed by atoms with Crippen LogP contribution >= 0.6 is 0 Å². The van der Waals surface area contributed by atoms with E-state index in [-0.39, 0.29) is 5.91 Å². The van der Waals surface area contributed by atoms with Crippen molar-refractivity contribution in [1.82, 2.24) is 19.8 Å². The predicted octanol–water partition coefficient (Wildman–Crippen LogP) is 3.06. The zero-order valence-electron chi connectivity index (χ0n) is 17.0. The van der Waals surface area contributed by atoms with Crippen LogP contribution in [0.25, 0.3) is 0 Å². The standard InChI is InChI=1S/C22H32N4O2/c1-16(27)26-13-10-20-19(15-26)14-23-22(24-20)18-8-11-25(12-9-18)21(28)7-6-17-4-2-3-5-17/h14,17-18H,2-13,15H2,1H3. The van der Waals surface area contributed by atoms with Crippen molar-refractivity contribution >= 4 is 11.8 Å². The fourth-order valence-electron chi connectivity index (χ4n) is 4.97. The maximum atomic E-state index is 12.5. The highest BCUT2D eigenvalue weighted by atomic mass is 16.2. The van der Waals surface area contributed by atoms with E-state index in [1.165, 1.54) is 25.7 Å². The zero-order valence-corrected chi connectivity index (χ0v) is 17.0. The van der Waals surface area contributed by atoms with Gasteiger partial charge in [0.1, 0.15) is 5.82 Å². The highest BCUT2D eigenvalue weighted by Gasteiger charge is 2.27. The minimum atomic E-state index is 0.111. The van der Waals surface area contributed by atoms with Crippen LogP contribution in [0.15, 0.2) is 6.20 Å². The number of piperidine rings is 1. The normalized spacial score (nSPS) is 21.0. The van der Waals surface area contributed by atoms with Crippen LogP contribution < -0.4 is 0 Å². The van der Waals surface area contributed by atoms with Gasteiger partial charge < -0.3 is 9.80 Å². The summed E-state index contributed by atoms with van der Waals surface area (Å²) in [4.78, 5) is 37.5. The zero-order chi connectivity index (χ0) is 19.5. The lowest BCUT2D eigenvalue weighted by molar-refractivity contribution is -0.132. The molecule has 28 heavy (non-hydrogen) atoms. The molecule has 6 heteroatoms. The monoisotopic (exact) mass is 384 g/mol. The minimum Gasteiger partial charge on any atom is -0.343 e. The Morgan fingerprint density at radius 1 is 1.07 bits per heavy atom. The second-order valence-corrected chi connectivity index (χ2v) is 8.73. The van der Waals surface area contributed by atoms with Gasteiger partial charge in [0.15, 0.2) is 0 Å². The summed E-state index contributed by atoms with van der Waals surface area (Å²) >= 11 is 0. The molecule has 0 aromatic carbocycles. The molecule has 2 amide bonds. The smallest absolute Gasteiger partial charge is 0.222 e. The molecule has 1 aromatic heterocycles. The number of nitrogens with zero attached hydrogens (tertiary/aromatic N) is 4. The number of carbonyl (C=O) groups excluding carboxylic acids is 2. The number of aromatic nitrogens is 2. The molecule has 2 fully saturated rings. The number of rotatable bonds is 4. The molecular formula is C22H32N4O2. The number of hydrogen-bond donors (Lipinski definition) is 0. The Balaban J connectivity index is 1.29. The molecular weight excluding hydrogens is 352 g/mol. The summed E-state index contributed by atoms with van der Waals surface area (Å²) in [7, 11) is 0. The van der Waals surface area contributed by atoms with E-state index in [9.17, 15) is 9.59 Å². The summed E-state index contributed by atoms with van der Waals surface area (Å²) in [6.45, 7) is 4.63. The molecule has 0 unspecified atom stereocenters. The van der Waals surface area contributed by atoms with Crippen molar-refractivity contribution in [3.05, 3.63) is 23.3 Å². The molecule has 0 radical (unpaired) electrons. The number of carbonyl (C=O) groups is 2. The Morgan fingerprint density at radius 3 is 2.54 bits per heavy atom. The van der Waals surface area contributed by atoms with E-state index in [1.807, 2.05) is 11.1 Å². The van der Waals surface area contributed by atoms with Crippen LogP contribution in [-0.2, 0) is 22.6 Å². The average molecular weight is 385 g/mol. The molecule has 1 saturated heterocycles. The van der Waals surface area contributed by atoms with Crippen molar-refractivity contribution in [2.24, 2.45) is 5.92 Å². The second-order valence-electron chi connectivity index (χ2n) is 8.73. The molecule has 0 spiro atoms. The molecule has 4 rings (SSSR count). The third-order valence-corrected chi connectivity index (χ3v) is 6.85. The number of fused-ring (bicyclic) bond motifs is 1. The second kappa shape index (κ2) is 8.58. The Morgan fingerprint density at radius 2 is 1.82 bits per heavy atom. The van der Waals surface area contributed by atoms with Crippen LogP contribution in [0.1, 0.15) is 81.3 Å². The summed E-state index contributed by atoms with van der Waals surface area (Å²) in [5, 5.41) is 0. The van der Waals surface area contributed by atoms with Crippen molar-refractivity contribution in [1.29, 1.82) is 0 Å². The molecule has 6 nitrogen and oxygen atoms in total. The largest absolute Gasteiger partial charge is 0.343 e. The Hall–Kier alpha value is -1.98. The first-order chi connectivity index (χ1) is 13.6. The molecule has 1 aliphatic carbocycles. The fraction of sp³-hybridized carbons (Fsp3) is 0.727. The van der Waals surface area contributed by atoms with Crippen molar-refractivity contribution in [3.63, 3.8) is 0 Å². The van der Waals surface area contributed by atoms with Gasteiger partial charge in [-0.2, -0.15) is 0 Å². The average Bonchev–Trinajstić information content (AvgIpc) is 3.25. The van der Waals surface area contributed by atoms with E-state index in [2.05, 4.69) is 9.88 Å². The van der Waals surface area contributed by atoms with Crippen molar-refractivity contribution in [2.75, 3.05) is 19.6 Å². The molecule has 1 saturated carbocycles. The summed E-state index contributed by atoms with van der Waals surface area (Å²) in [6.07, 6.45) is 11.7. The van der Waals surface area contributed by atoms with E-state index in [4.69, 9.17) is 4.98 Å².